The molecule has 0 aliphatic heterocycles. The summed E-state index contributed by atoms with van der Waals surface area (Å²) in [5, 5.41) is 13.4. The lowest BCUT2D eigenvalue weighted by molar-refractivity contribution is 0.0970. The van der Waals surface area contributed by atoms with Crippen molar-refractivity contribution in [2.45, 2.75) is 45.3 Å². The van der Waals surface area contributed by atoms with Gasteiger partial charge in [0.2, 0.25) is 0 Å². The van der Waals surface area contributed by atoms with Crippen LogP contribution in [-0.4, -0.2) is 44.1 Å². The highest BCUT2D eigenvalue weighted by molar-refractivity contribution is 5.51. The number of aliphatic hydroxyl groups is 1. The van der Waals surface area contributed by atoms with E-state index in [0.717, 1.165) is 30.9 Å². The van der Waals surface area contributed by atoms with Crippen molar-refractivity contribution in [3.8, 4) is 5.75 Å². The minimum absolute atomic E-state index is 0.0950. The van der Waals surface area contributed by atoms with Gasteiger partial charge in [-0.1, -0.05) is 51.0 Å². The zero-order chi connectivity index (χ0) is 16.9. The smallest absolute Gasteiger partial charge is 0.119 e. The highest BCUT2D eigenvalue weighted by Crippen LogP contribution is 2.14. The molecule has 0 aliphatic rings. The molecule has 0 saturated carbocycles. The molecular formula is C19H31NO3. The molecule has 0 saturated heterocycles. The average Bonchev–Trinajstić information content (AvgIpc) is 2.57. The zero-order valence-corrected chi connectivity index (χ0v) is 14.6. The Hall–Kier alpha value is -1.36. The number of rotatable bonds is 12. The van der Waals surface area contributed by atoms with Gasteiger partial charge in [-0.05, 0) is 30.7 Å². The van der Waals surface area contributed by atoms with Crippen LogP contribution >= 0.6 is 0 Å². The maximum atomic E-state index is 10.2. The summed E-state index contributed by atoms with van der Waals surface area (Å²) in [5.41, 5.74) is 1.04. The van der Waals surface area contributed by atoms with Crippen LogP contribution in [0.3, 0.4) is 0 Å². The lowest BCUT2D eigenvalue weighted by atomic mass is 10.1. The topological polar surface area (TPSA) is 50.7 Å². The molecule has 2 atom stereocenters. The van der Waals surface area contributed by atoms with E-state index in [1.807, 2.05) is 37.3 Å². The van der Waals surface area contributed by atoms with Crippen molar-refractivity contribution in [2.24, 2.45) is 0 Å². The van der Waals surface area contributed by atoms with Gasteiger partial charge >= 0.3 is 0 Å². The zero-order valence-electron chi connectivity index (χ0n) is 14.6. The molecule has 4 nitrogen and oxygen atoms in total. The highest BCUT2D eigenvalue weighted by Gasteiger charge is 2.14. The first kappa shape index (κ1) is 19.7. The van der Waals surface area contributed by atoms with Gasteiger partial charge in [-0.2, -0.15) is 0 Å². The first-order chi connectivity index (χ1) is 11.2. The summed E-state index contributed by atoms with van der Waals surface area (Å²) >= 11 is 0. The SMILES string of the molecule is CCCCCOc1ccc(/C=C/[C@H](O)[C@@H](COC)NCC)cc1. The van der Waals surface area contributed by atoms with Gasteiger partial charge in [0.25, 0.3) is 0 Å². The van der Waals surface area contributed by atoms with Crippen molar-refractivity contribution in [1.29, 1.82) is 0 Å². The van der Waals surface area contributed by atoms with E-state index in [2.05, 4.69) is 12.2 Å². The van der Waals surface area contributed by atoms with Crippen molar-refractivity contribution in [3.05, 3.63) is 35.9 Å². The molecular weight excluding hydrogens is 290 g/mol. The number of hydrogen-bond donors (Lipinski definition) is 2. The number of likely N-dealkylation sites (N-methyl/N-ethyl adjacent to an activating group) is 1. The minimum atomic E-state index is -0.583. The van der Waals surface area contributed by atoms with Gasteiger partial charge in [0.15, 0.2) is 0 Å². The molecule has 0 unspecified atom stereocenters. The fourth-order valence-corrected chi connectivity index (χ4v) is 2.28. The summed E-state index contributed by atoms with van der Waals surface area (Å²) in [6.45, 7) is 6.23. The van der Waals surface area contributed by atoms with Crippen LogP contribution in [0.5, 0.6) is 5.75 Å². The Balaban J connectivity index is 2.49. The van der Waals surface area contributed by atoms with E-state index in [4.69, 9.17) is 9.47 Å². The molecule has 1 rings (SSSR count). The van der Waals surface area contributed by atoms with Crippen molar-refractivity contribution in [1.82, 2.24) is 5.32 Å². The molecule has 0 heterocycles. The molecule has 130 valence electrons. The third kappa shape index (κ3) is 8.16. The summed E-state index contributed by atoms with van der Waals surface area (Å²) in [7, 11) is 1.64. The van der Waals surface area contributed by atoms with Gasteiger partial charge in [0.05, 0.1) is 25.4 Å². The lowest BCUT2D eigenvalue weighted by Gasteiger charge is -2.20. The Bertz CT molecular complexity index is 425. The number of benzene rings is 1. The normalized spacial score (nSPS) is 14.1. The first-order valence-corrected chi connectivity index (χ1v) is 8.52. The van der Waals surface area contributed by atoms with Crippen LogP contribution in [0.25, 0.3) is 6.08 Å². The van der Waals surface area contributed by atoms with Crippen molar-refractivity contribution in [2.75, 3.05) is 26.9 Å². The number of aliphatic hydroxyl groups excluding tert-OH is 1. The highest BCUT2D eigenvalue weighted by atomic mass is 16.5. The average molecular weight is 321 g/mol. The summed E-state index contributed by atoms with van der Waals surface area (Å²) in [4.78, 5) is 0. The minimum Gasteiger partial charge on any atom is -0.494 e. The Morgan fingerprint density at radius 1 is 1.17 bits per heavy atom. The van der Waals surface area contributed by atoms with Crippen LogP contribution < -0.4 is 10.1 Å². The molecule has 0 fully saturated rings. The molecule has 1 aromatic carbocycles. The summed E-state index contributed by atoms with van der Waals surface area (Å²) < 4.78 is 10.8. The van der Waals surface area contributed by atoms with E-state index in [0.29, 0.717) is 6.61 Å². The molecule has 0 bridgehead atoms. The quantitative estimate of drug-likeness (QED) is 0.580. The standard InChI is InChI=1S/C19H31NO3/c1-4-6-7-14-23-17-11-8-16(9-12-17)10-13-19(21)18(15-22-3)20-5-2/h8-13,18-21H,4-7,14-15H2,1-3H3/b13-10+/t18-,19+/m1/s1. The summed E-state index contributed by atoms with van der Waals surface area (Å²) in [5.74, 6) is 0.892. The fraction of sp³-hybridized carbons (Fsp3) is 0.579. The number of unbranched alkanes of at least 4 members (excludes halogenated alkanes) is 2. The number of nitrogens with one attached hydrogen (secondary N) is 1. The van der Waals surface area contributed by atoms with E-state index >= 15 is 0 Å². The molecule has 23 heavy (non-hydrogen) atoms. The number of hydrogen-bond acceptors (Lipinski definition) is 4. The molecule has 0 aliphatic carbocycles. The summed E-state index contributed by atoms with van der Waals surface area (Å²) in [6.07, 6.45) is 6.63. The van der Waals surface area contributed by atoms with E-state index in [9.17, 15) is 5.11 Å². The second kappa shape index (κ2) is 12.1. The summed E-state index contributed by atoms with van der Waals surface area (Å²) in [6, 6.07) is 7.83. The predicted molar refractivity (Wildman–Crippen MR) is 95.8 cm³/mol. The van der Waals surface area contributed by atoms with E-state index < -0.39 is 6.10 Å². The molecule has 4 heteroatoms. The Morgan fingerprint density at radius 2 is 1.91 bits per heavy atom. The van der Waals surface area contributed by atoms with Crippen LogP contribution in [0.4, 0.5) is 0 Å². The Kier molecular flexibility index (Phi) is 10.4. The largest absolute Gasteiger partial charge is 0.494 e. The molecule has 0 aromatic heterocycles. The fourth-order valence-electron chi connectivity index (χ4n) is 2.28. The van der Waals surface area contributed by atoms with Crippen LogP contribution in [0.2, 0.25) is 0 Å². The van der Waals surface area contributed by atoms with Gasteiger partial charge in [0.1, 0.15) is 5.75 Å². The molecule has 1 aromatic rings. The third-order valence-electron chi connectivity index (χ3n) is 3.61. The van der Waals surface area contributed by atoms with E-state index in [1.54, 1.807) is 13.2 Å². The van der Waals surface area contributed by atoms with Gasteiger partial charge in [-0.15, -0.1) is 0 Å². The van der Waals surface area contributed by atoms with Crippen LogP contribution in [0.1, 0.15) is 38.7 Å². The maximum absolute atomic E-state index is 10.2. The molecule has 2 N–H and O–H groups in total. The predicted octanol–water partition coefficient (Wildman–Crippen LogP) is 3.25. The second-order valence-corrected chi connectivity index (χ2v) is 5.59. The van der Waals surface area contributed by atoms with Crippen LogP contribution in [-0.2, 0) is 4.74 Å². The van der Waals surface area contributed by atoms with Gasteiger partial charge < -0.3 is 19.9 Å². The Morgan fingerprint density at radius 3 is 2.52 bits per heavy atom. The number of methoxy groups -OCH3 is 1. The Labute approximate surface area is 140 Å². The van der Waals surface area contributed by atoms with Crippen molar-refractivity contribution in [3.63, 3.8) is 0 Å². The third-order valence-corrected chi connectivity index (χ3v) is 3.61. The van der Waals surface area contributed by atoms with Crippen LogP contribution in [0, 0.1) is 0 Å². The van der Waals surface area contributed by atoms with E-state index in [-0.39, 0.29) is 6.04 Å². The van der Waals surface area contributed by atoms with Gasteiger partial charge in [-0.3, -0.25) is 0 Å². The molecule has 0 spiro atoms. The van der Waals surface area contributed by atoms with Crippen molar-refractivity contribution >= 4 is 6.08 Å². The van der Waals surface area contributed by atoms with Crippen molar-refractivity contribution < 1.29 is 14.6 Å². The maximum Gasteiger partial charge on any atom is 0.119 e. The van der Waals surface area contributed by atoms with Gasteiger partial charge in [-0.25, -0.2) is 0 Å². The van der Waals surface area contributed by atoms with Crippen LogP contribution in [0.15, 0.2) is 30.3 Å². The molecule has 0 amide bonds. The monoisotopic (exact) mass is 321 g/mol. The van der Waals surface area contributed by atoms with E-state index in [1.165, 1.54) is 12.8 Å². The number of ether oxygens (including phenoxy) is 2. The first-order valence-electron chi connectivity index (χ1n) is 8.52. The molecule has 0 radical (unpaired) electrons. The second-order valence-electron chi connectivity index (χ2n) is 5.59. The van der Waals surface area contributed by atoms with Gasteiger partial charge in [0, 0.05) is 7.11 Å². The lowest BCUT2D eigenvalue weighted by Crippen LogP contribution is -2.42.